The summed E-state index contributed by atoms with van der Waals surface area (Å²) in [5.41, 5.74) is -0.935. The van der Waals surface area contributed by atoms with E-state index in [1.807, 2.05) is 0 Å². The molecule has 3 aromatic rings. The minimum Gasteiger partial charge on any atom is -0.465 e. The lowest BCUT2D eigenvalue weighted by atomic mass is 9.96. The molecule has 0 N–H and O–H groups in total. The number of ether oxygens (including phenoxy) is 1. The summed E-state index contributed by atoms with van der Waals surface area (Å²) in [6, 6.07) is 10.5. The van der Waals surface area contributed by atoms with Crippen LogP contribution in [0.15, 0.2) is 48.5 Å². The van der Waals surface area contributed by atoms with E-state index in [1.54, 1.807) is 30.3 Å². The molecule has 0 atom stereocenters. The van der Waals surface area contributed by atoms with Crippen LogP contribution in [0.1, 0.15) is 27.0 Å². The molecule has 0 saturated heterocycles. The summed E-state index contributed by atoms with van der Waals surface area (Å²) in [7, 11) is 1.07. The van der Waals surface area contributed by atoms with Crippen molar-refractivity contribution in [2.45, 2.75) is 0 Å². The summed E-state index contributed by atoms with van der Waals surface area (Å²) >= 11 is 5.93. The lowest BCUT2D eigenvalue weighted by molar-refractivity contribution is -0.393. The van der Waals surface area contributed by atoms with Gasteiger partial charge in [0.05, 0.1) is 39.1 Å². The summed E-state index contributed by atoms with van der Waals surface area (Å²) in [6.45, 7) is 0. The number of nitro benzene ring substituents is 3. The molecule has 170 valence electrons. The van der Waals surface area contributed by atoms with E-state index in [0.717, 1.165) is 25.3 Å². The molecule has 0 bridgehead atoms. The number of fused-ring (bicyclic) bond motifs is 3. The Morgan fingerprint density at radius 3 is 1.94 bits per heavy atom. The Balaban J connectivity index is 2.18. The number of nitrogens with zero attached hydrogens (tertiary/aromatic N) is 3. The maximum absolute atomic E-state index is 12.6. The van der Waals surface area contributed by atoms with Gasteiger partial charge in [-0.25, -0.2) is 4.79 Å². The van der Waals surface area contributed by atoms with E-state index in [2.05, 4.69) is 0 Å². The first-order valence-corrected chi connectivity index (χ1v) is 9.86. The zero-order chi connectivity index (χ0) is 24.7. The maximum Gasteiger partial charge on any atom is 0.338 e. The largest absolute Gasteiger partial charge is 0.465 e. The first-order chi connectivity index (χ1) is 16.1. The number of hydrogen-bond acceptors (Lipinski definition) is 8. The molecule has 34 heavy (non-hydrogen) atoms. The Kier molecular flexibility index (Phi) is 5.55. The van der Waals surface area contributed by atoms with Crippen LogP contribution >= 0.6 is 11.6 Å². The Morgan fingerprint density at radius 2 is 1.41 bits per heavy atom. The molecule has 0 fully saturated rings. The number of carbonyl (C=O) groups is 1. The molecular formula is C22H12ClN3O8. The molecular weight excluding hydrogens is 470 g/mol. The summed E-state index contributed by atoms with van der Waals surface area (Å²) < 4.78 is 4.77. The Hall–Kier alpha value is -4.64. The second-order valence-corrected chi connectivity index (χ2v) is 7.61. The minimum absolute atomic E-state index is 0.0225. The molecule has 0 unspecified atom stereocenters. The standard InChI is InChI=1S/C22H12ClN3O8/c1-34-22(27)18-9-13(24(28)29)7-16-15(6-11-2-4-12(23)5-3-11)17-8-14(25(30)31)10-19(26(32)33)21(17)20(16)18/h2-10H,1H3. The van der Waals surface area contributed by atoms with Gasteiger partial charge in [-0.1, -0.05) is 23.7 Å². The molecule has 1 aliphatic rings. The predicted octanol–water partition coefficient (Wildman–Crippen LogP) is 5.42. The molecule has 0 heterocycles. The highest BCUT2D eigenvalue weighted by Gasteiger charge is 2.38. The van der Waals surface area contributed by atoms with Gasteiger partial charge < -0.3 is 4.74 Å². The number of methoxy groups -OCH3 is 1. The van der Waals surface area contributed by atoms with Crippen molar-refractivity contribution in [2.24, 2.45) is 0 Å². The third-order valence-electron chi connectivity index (χ3n) is 5.26. The van der Waals surface area contributed by atoms with Gasteiger partial charge in [0.1, 0.15) is 0 Å². The van der Waals surface area contributed by atoms with Gasteiger partial charge in [0.15, 0.2) is 0 Å². The average molecular weight is 482 g/mol. The van der Waals surface area contributed by atoms with Gasteiger partial charge in [-0.2, -0.15) is 0 Å². The number of nitro groups is 3. The third-order valence-corrected chi connectivity index (χ3v) is 5.51. The molecule has 1 aliphatic carbocycles. The number of benzene rings is 3. The highest BCUT2D eigenvalue weighted by atomic mass is 35.5. The van der Waals surface area contributed by atoms with Gasteiger partial charge in [-0.3, -0.25) is 30.3 Å². The Morgan fingerprint density at radius 1 is 0.853 bits per heavy atom. The van der Waals surface area contributed by atoms with Crippen LogP contribution in [0.4, 0.5) is 17.1 Å². The second kappa shape index (κ2) is 8.37. The van der Waals surface area contributed by atoms with Gasteiger partial charge in [0.25, 0.3) is 17.1 Å². The topological polar surface area (TPSA) is 156 Å². The number of hydrogen-bond donors (Lipinski definition) is 0. The fourth-order valence-corrected chi connectivity index (χ4v) is 3.97. The molecule has 0 aliphatic heterocycles. The molecule has 0 aromatic heterocycles. The smallest absolute Gasteiger partial charge is 0.338 e. The highest BCUT2D eigenvalue weighted by molar-refractivity contribution is 6.30. The van der Waals surface area contributed by atoms with Gasteiger partial charge in [0.2, 0.25) is 0 Å². The summed E-state index contributed by atoms with van der Waals surface area (Å²) in [5, 5.41) is 35.4. The van der Waals surface area contributed by atoms with E-state index in [-0.39, 0.29) is 33.4 Å². The zero-order valence-electron chi connectivity index (χ0n) is 17.2. The fraction of sp³-hybridized carbons (Fsp3) is 0.0455. The summed E-state index contributed by atoms with van der Waals surface area (Å²) in [6.07, 6.45) is 1.55. The Bertz CT molecular complexity index is 1450. The number of carbonyl (C=O) groups excluding carboxylic acids is 1. The van der Waals surface area contributed by atoms with Crippen LogP contribution in [0.3, 0.4) is 0 Å². The lowest BCUT2D eigenvalue weighted by Crippen LogP contribution is -2.06. The summed E-state index contributed by atoms with van der Waals surface area (Å²) in [5.74, 6) is -0.953. The maximum atomic E-state index is 12.6. The van der Waals surface area contributed by atoms with Crippen molar-refractivity contribution in [1.29, 1.82) is 0 Å². The number of esters is 1. The molecule has 0 amide bonds. The van der Waals surface area contributed by atoms with Crippen LogP contribution in [0.25, 0.3) is 22.8 Å². The van der Waals surface area contributed by atoms with Crippen molar-refractivity contribution in [2.75, 3.05) is 7.11 Å². The van der Waals surface area contributed by atoms with Crippen molar-refractivity contribution >= 4 is 46.3 Å². The van der Waals surface area contributed by atoms with Crippen LogP contribution in [0.5, 0.6) is 0 Å². The summed E-state index contributed by atoms with van der Waals surface area (Å²) in [4.78, 5) is 45.2. The molecule has 3 aromatic carbocycles. The van der Waals surface area contributed by atoms with E-state index in [9.17, 15) is 35.1 Å². The van der Waals surface area contributed by atoms with Crippen molar-refractivity contribution in [3.05, 3.63) is 106 Å². The minimum atomic E-state index is -0.953. The highest BCUT2D eigenvalue weighted by Crippen LogP contribution is 2.53. The van der Waals surface area contributed by atoms with E-state index >= 15 is 0 Å². The third kappa shape index (κ3) is 3.73. The van der Waals surface area contributed by atoms with Crippen LogP contribution in [0, 0.1) is 30.3 Å². The van der Waals surface area contributed by atoms with E-state index < -0.39 is 37.8 Å². The molecule has 0 radical (unpaired) electrons. The van der Waals surface area contributed by atoms with Gasteiger partial charge in [0, 0.05) is 34.3 Å². The van der Waals surface area contributed by atoms with Crippen LogP contribution in [0.2, 0.25) is 5.02 Å². The van der Waals surface area contributed by atoms with Crippen molar-refractivity contribution in [3.8, 4) is 11.1 Å². The number of non-ortho nitro benzene ring substituents is 2. The van der Waals surface area contributed by atoms with Crippen molar-refractivity contribution < 1.29 is 24.3 Å². The number of halogens is 1. The van der Waals surface area contributed by atoms with Crippen molar-refractivity contribution in [3.63, 3.8) is 0 Å². The van der Waals surface area contributed by atoms with Crippen molar-refractivity contribution in [1.82, 2.24) is 0 Å². The molecule has 4 rings (SSSR count). The first-order valence-electron chi connectivity index (χ1n) is 9.48. The molecule has 0 spiro atoms. The van der Waals surface area contributed by atoms with Gasteiger partial charge >= 0.3 is 5.97 Å². The quantitative estimate of drug-likeness (QED) is 0.208. The molecule has 0 saturated carbocycles. The SMILES string of the molecule is COC(=O)c1cc([N+](=O)[O-])cc2c1-c1c(cc([N+](=O)[O-])cc1[N+](=O)[O-])C2=Cc1ccc(Cl)cc1. The fourth-order valence-electron chi connectivity index (χ4n) is 3.85. The monoisotopic (exact) mass is 481 g/mol. The van der Waals surface area contributed by atoms with Gasteiger partial charge in [-0.15, -0.1) is 0 Å². The van der Waals surface area contributed by atoms with E-state index in [0.29, 0.717) is 10.6 Å². The first kappa shape index (κ1) is 22.6. The average Bonchev–Trinajstić information content (AvgIpc) is 3.11. The second-order valence-electron chi connectivity index (χ2n) is 7.18. The lowest BCUT2D eigenvalue weighted by Gasteiger charge is -2.08. The normalized spacial score (nSPS) is 12.7. The molecule has 11 nitrogen and oxygen atoms in total. The Labute approximate surface area is 195 Å². The molecule has 12 heteroatoms. The van der Waals surface area contributed by atoms with E-state index in [4.69, 9.17) is 16.3 Å². The number of rotatable bonds is 5. The predicted molar refractivity (Wildman–Crippen MR) is 122 cm³/mol. The van der Waals surface area contributed by atoms with Gasteiger partial charge in [-0.05, 0) is 34.9 Å². The van der Waals surface area contributed by atoms with Crippen LogP contribution in [-0.4, -0.2) is 27.8 Å². The van der Waals surface area contributed by atoms with Crippen LogP contribution in [-0.2, 0) is 4.74 Å². The van der Waals surface area contributed by atoms with Crippen LogP contribution < -0.4 is 0 Å². The van der Waals surface area contributed by atoms with E-state index in [1.165, 1.54) is 6.07 Å². The zero-order valence-corrected chi connectivity index (χ0v) is 17.9.